The number of carbonyl (C=O) groups is 1. The van der Waals surface area contributed by atoms with Crippen molar-refractivity contribution in [2.24, 2.45) is 28.1 Å². The van der Waals surface area contributed by atoms with E-state index in [0.717, 1.165) is 18.3 Å². The van der Waals surface area contributed by atoms with Gasteiger partial charge in [0, 0.05) is 0 Å². The second kappa shape index (κ2) is 2.63. The lowest BCUT2D eigenvalue weighted by Crippen LogP contribution is -2.29. The van der Waals surface area contributed by atoms with Gasteiger partial charge < -0.3 is 4.79 Å². The Labute approximate surface area is 98.3 Å². The first-order chi connectivity index (χ1) is 7.35. The molecule has 0 aliphatic heterocycles. The smallest absolute Gasteiger partial charge is 0.130 e. The topological polar surface area (TPSA) is 17.1 Å². The van der Waals surface area contributed by atoms with E-state index in [0.29, 0.717) is 5.41 Å². The molecular weight excluding hydrogens is 196 g/mol. The van der Waals surface area contributed by atoms with Crippen LogP contribution in [0.25, 0.3) is 0 Å². The lowest BCUT2D eigenvalue weighted by Gasteiger charge is -2.33. The monoisotopic (exact) mass is 218 g/mol. The standard InChI is InChI=1S/C15H22O/c1-10-5-11-6-13(2,3)7-12(11)14(4)8-15(10,14)9-16/h5,9,11-12H,6-8H2,1-4H3/t11-,12+,14-,15-/m1/s1. The molecule has 1 heteroatoms. The molecule has 0 heterocycles. The second-order valence-corrected chi connectivity index (χ2v) is 7.38. The molecule has 0 amide bonds. The fourth-order valence-corrected chi connectivity index (χ4v) is 4.81. The molecule has 2 saturated carbocycles. The molecule has 1 nitrogen and oxygen atoms in total. The minimum Gasteiger partial charge on any atom is -0.302 e. The molecule has 0 N–H and O–H groups in total. The molecule has 0 spiro atoms. The summed E-state index contributed by atoms with van der Waals surface area (Å²) in [5, 5.41) is 0. The number of hydrogen-bond donors (Lipinski definition) is 0. The largest absolute Gasteiger partial charge is 0.302 e. The van der Waals surface area contributed by atoms with Crippen LogP contribution in [0, 0.1) is 28.1 Å². The summed E-state index contributed by atoms with van der Waals surface area (Å²) in [6, 6.07) is 0. The molecule has 0 aromatic rings. The maximum Gasteiger partial charge on any atom is 0.130 e. The third-order valence-electron chi connectivity index (χ3n) is 5.81. The number of allylic oxidation sites excluding steroid dienone is 2. The fourth-order valence-electron chi connectivity index (χ4n) is 4.81. The Bertz CT molecular complexity index is 392. The normalized spacial score (nSPS) is 52.6. The summed E-state index contributed by atoms with van der Waals surface area (Å²) < 4.78 is 0. The predicted octanol–water partition coefficient (Wildman–Crippen LogP) is 3.59. The average Bonchev–Trinajstić information content (AvgIpc) is 2.70. The number of aldehydes is 1. The fraction of sp³-hybridized carbons (Fsp3) is 0.800. The van der Waals surface area contributed by atoms with Crippen LogP contribution in [0.1, 0.15) is 47.0 Å². The average molecular weight is 218 g/mol. The molecule has 2 fully saturated rings. The third kappa shape index (κ3) is 1.00. The minimum absolute atomic E-state index is 0.0748. The quantitative estimate of drug-likeness (QED) is 0.485. The highest BCUT2D eigenvalue weighted by molar-refractivity contribution is 5.73. The van der Waals surface area contributed by atoms with Crippen molar-refractivity contribution in [1.82, 2.24) is 0 Å². The molecule has 16 heavy (non-hydrogen) atoms. The molecule has 88 valence electrons. The lowest BCUT2D eigenvalue weighted by molar-refractivity contribution is -0.112. The summed E-state index contributed by atoms with van der Waals surface area (Å²) >= 11 is 0. The van der Waals surface area contributed by atoms with Gasteiger partial charge in [0.25, 0.3) is 0 Å². The molecule has 3 aliphatic rings. The molecule has 0 aromatic carbocycles. The maximum absolute atomic E-state index is 11.4. The van der Waals surface area contributed by atoms with E-state index in [1.165, 1.54) is 24.7 Å². The van der Waals surface area contributed by atoms with Gasteiger partial charge in [0.15, 0.2) is 0 Å². The molecular formula is C15H22O. The van der Waals surface area contributed by atoms with Crippen LogP contribution >= 0.6 is 0 Å². The Balaban J connectivity index is 2.04. The van der Waals surface area contributed by atoms with Gasteiger partial charge in [-0.3, -0.25) is 0 Å². The van der Waals surface area contributed by atoms with Gasteiger partial charge >= 0.3 is 0 Å². The molecule has 0 unspecified atom stereocenters. The van der Waals surface area contributed by atoms with Crippen molar-refractivity contribution in [2.45, 2.75) is 47.0 Å². The van der Waals surface area contributed by atoms with Crippen molar-refractivity contribution in [2.75, 3.05) is 0 Å². The number of carbonyl (C=O) groups excluding carboxylic acids is 1. The first-order valence-corrected chi connectivity index (χ1v) is 6.50. The number of rotatable bonds is 1. The summed E-state index contributed by atoms with van der Waals surface area (Å²) in [5.41, 5.74) is 2.03. The summed E-state index contributed by atoms with van der Waals surface area (Å²) in [7, 11) is 0. The Hall–Kier alpha value is -0.590. The van der Waals surface area contributed by atoms with Gasteiger partial charge in [0.05, 0.1) is 5.41 Å². The van der Waals surface area contributed by atoms with Crippen molar-refractivity contribution < 1.29 is 4.79 Å². The van der Waals surface area contributed by atoms with Crippen molar-refractivity contribution in [3.63, 3.8) is 0 Å². The first kappa shape index (κ1) is 10.6. The van der Waals surface area contributed by atoms with Crippen LogP contribution in [0.3, 0.4) is 0 Å². The van der Waals surface area contributed by atoms with Gasteiger partial charge in [-0.25, -0.2) is 0 Å². The van der Waals surface area contributed by atoms with E-state index in [1.807, 2.05) is 0 Å². The Kier molecular flexibility index (Phi) is 1.73. The highest BCUT2D eigenvalue weighted by atomic mass is 16.1. The minimum atomic E-state index is -0.0748. The highest BCUT2D eigenvalue weighted by Gasteiger charge is 2.72. The van der Waals surface area contributed by atoms with Gasteiger partial charge in [0.2, 0.25) is 0 Å². The van der Waals surface area contributed by atoms with E-state index in [2.05, 4.69) is 33.8 Å². The van der Waals surface area contributed by atoms with E-state index in [-0.39, 0.29) is 10.8 Å². The molecule has 4 atom stereocenters. The van der Waals surface area contributed by atoms with Gasteiger partial charge in [-0.1, -0.05) is 32.4 Å². The Morgan fingerprint density at radius 3 is 2.62 bits per heavy atom. The van der Waals surface area contributed by atoms with E-state index >= 15 is 0 Å². The van der Waals surface area contributed by atoms with Gasteiger partial charge in [-0.05, 0) is 48.9 Å². The van der Waals surface area contributed by atoms with Crippen LogP contribution in [0.2, 0.25) is 0 Å². The summed E-state index contributed by atoms with van der Waals surface area (Å²) in [6.07, 6.45) is 7.36. The van der Waals surface area contributed by atoms with Crippen LogP contribution in [0.15, 0.2) is 11.6 Å². The molecule has 3 aliphatic carbocycles. The van der Waals surface area contributed by atoms with Crippen molar-refractivity contribution in [3.05, 3.63) is 11.6 Å². The van der Waals surface area contributed by atoms with E-state index in [1.54, 1.807) is 0 Å². The summed E-state index contributed by atoms with van der Waals surface area (Å²) in [4.78, 5) is 11.4. The number of hydrogen-bond acceptors (Lipinski definition) is 1. The predicted molar refractivity (Wildman–Crippen MR) is 65.0 cm³/mol. The Morgan fingerprint density at radius 2 is 2.00 bits per heavy atom. The zero-order valence-electron chi connectivity index (χ0n) is 10.8. The van der Waals surface area contributed by atoms with E-state index in [4.69, 9.17) is 0 Å². The SMILES string of the molecule is CC1=C[C@@H]2CC(C)(C)C[C@@H]2[C@@]2(C)C[C@@]12C=O. The zero-order valence-corrected chi connectivity index (χ0v) is 10.8. The van der Waals surface area contributed by atoms with Crippen LogP contribution in [0.5, 0.6) is 0 Å². The lowest BCUT2D eigenvalue weighted by atomic mass is 9.70. The third-order valence-corrected chi connectivity index (χ3v) is 5.81. The second-order valence-electron chi connectivity index (χ2n) is 7.38. The van der Waals surface area contributed by atoms with Crippen molar-refractivity contribution in [3.8, 4) is 0 Å². The molecule has 0 aromatic heterocycles. The summed E-state index contributed by atoms with van der Waals surface area (Å²) in [6.45, 7) is 9.27. The molecule has 0 radical (unpaired) electrons. The summed E-state index contributed by atoms with van der Waals surface area (Å²) in [5.74, 6) is 1.48. The zero-order chi connectivity index (χ0) is 11.8. The highest BCUT2D eigenvalue weighted by Crippen LogP contribution is 2.77. The Morgan fingerprint density at radius 1 is 1.31 bits per heavy atom. The van der Waals surface area contributed by atoms with E-state index in [9.17, 15) is 4.79 Å². The molecule has 3 rings (SSSR count). The maximum atomic E-state index is 11.4. The van der Waals surface area contributed by atoms with Crippen LogP contribution in [-0.4, -0.2) is 6.29 Å². The van der Waals surface area contributed by atoms with Gasteiger partial charge in [-0.2, -0.15) is 0 Å². The van der Waals surface area contributed by atoms with Crippen molar-refractivity contribution in [1.29, 1.82) is 0 Å². The van der Waals surface area contributed by atoms with Crippen LogP contribution in [-0.2, 0) is 4.79 Å². The van der Waals surface area contributed by atoms with E-state index < -0.39 is 0 Å². The van der Waals surface area contributed by atoms with Crippen LogP contribution < -0.4 is 0 Å². The first-order valence-electron chi connectivity index (χ1n) is 6.50. The van der Waals surface area contributed by atoms with Gasteiger partial charge in [-0.15, -0.1) is 0 Å². The molecule has 0 saturated heterocycles. The van der Waals surface area contributed by atoms with Crippen molar-refractivity contribution >= 4 is 6.29 Å². The van der Waals surface area contributed by atoms with Crippen LogP contribution in [0.4, 0.5) is 0 Å². The van der Waals surface area contributed by atoms with Gasteiger partial charge in [0.1, 0.15) is 6.29 Å². The molecule has 0 bridgehead atoms. The number of fused-ring (bicyclic) bond motifs is 3.